The number of amides is 1. The SMILES string of the molecule is O=C(O)C(=Cc1ccc(Oc2ccccc2Br)cc1)NC(=O)c1ccccc1Cl. The first-order valence-corrected chi connectivity index (χ1v) is 9.64. The lowest BCUT2D eigenvalue weighted by molar-refractivity contribution is -0.132. The molecule has 0 radical (unpaired) electrons. The van der Waals surface area contributed by atoms with Crippen LogP contribution in [0.2, 0.25) is 5.02 Å². The van der Waals surface area contributed by atoms with E-state index in [0.717, 1.165) is 4.47 Å². The van der Waals surface area contributed by atoms with Gasteiger partial charge in [-0.25, -0.2) is 4.79 Å². The van der Waals surface area contributed by atoms with Crippen molar-refractivity contribution < 1.29 is 19.4 Å². The zero-order valence-corrected chi connectivity index (χ0v) is 17.3. The summed E-state index contributed by atoms with van der Waals surface area (Å²) in [4.78, 5) is 23.9. The summed E-state index contributed by atoms with van der Waals surface area (Å²) >= 11 is 9.41. The van der Waals surface area contributed by atoms with E-state index in [9.17, 15) is 14.7 Å². The maximum absolute atomic E-state index is 12.3. The summed E-state index contributed by atoms with van der Waals surface area (Å²) in [5.41, 5.74) is 0.509. The average molecular weight is 473 g/mol. The predicted octanol–water partition coefficient (Wildman–Crippen LogP) is 5.75. The Bertz CT molecular complexity index is 1080. The fourth-order valence-electron chi connectivity index (χ4n) is 2.44. The number of carboxylic acids is 1. The third-order valence-electron chi connectivity index (χ3n) is 3.85. The Morgan fingerprint density at radius 2 is 1.62 bits per heavy atom. The first-order chi connectivity index (χ1) is 13.9. The Hall–Kier alpha value is -3.09. The van der Waals surface area contributed by atoms with E-state index >= 15 is 0 Å². The summed E-state index contributed by atoms with van der Waals surface area (Å²) in [6.07, 6.45) is 1.36. The van der Waals surface area contributed by atoms with Gasteiger partial charge in [0.25, 0.3) is 5.91 Å². The van der Waals surface area contributed by atoms with Gasteiger partial charge in [-0.1, -0.05) is 48.0 Å². The highest BCUT2D eigenvalue weighted by Crippen LogP contribution is 2.29. The minimum atomic E-state index is -1.26. The quantitative estimate of drug-likeness (QED) is 0.448. The van der Waals surface area contributed by atoms with Crippen molar-refractivity contribution in [3.05, 3.63) is 99.1 Å². The summed E-state index contributed by atoms with van der Waals surface area (Å²) in [5.74, 6) is -0.614. The Morgan fingerprint density at radius 3 is 2.28 bits per heavy atom. The van der Waals surface area contributed by atoms with Crippen LogP contribution < -0.4 is 10.1 Å². The number of para-hydroxylation sites is 1. The van der Waals surface area contributed by atoms with Gasteiger partial charge in [0.05, 0.1) is 15.1 Å². The van der Waals surface area contributed by atoms with E-state index in [-0.39, 0.29) is 16.3 Å². The van der Waals surface area contributed by atoms with E-state index < -0.39 is 11.9 Å². The molecule has 0 aliphatic rings. The summed E-state index contributed by atoms with van der Waals surface area (Å²) < 4.78 is 6.60. The number of hydrogen-bond donors (Lipinski definition) is 2. The zero-order valence-electron chi connectivity index (χ0n) is 14.9. The summed E-state index contributed by atoms with van der Waals surface area (Å²) in [5, 5.41) is 12.1. The van der Waals surface area contributed by atoms with Crippen LogP contribution in [0.3, 0.4) is 0 Å². The maximum Gasteiger partial charge on any atom is 0.352 e. The van der Waals surface area contributed by atoms with Crippen LogP contribution in [0.25, 0.3) is 6.08 Å². The van der Waals surface area contributed by atoms with Crippen LogP contribution in [0, 0.1) is 0 Å². The molecule has 0 aromatic heterocycles. The molecule has 29 heavy (non-hydrogen) atoms. The average Bonchev–Trinajstić information content (AvgIpc) is 2.70. The van der Waals surface area contributed by atoms with Gasteiger partial charge in [0.2, 0.25) is 0 Å². The van der Waals surface area contributed by atoms with Crippen molar-refractivity contribution in [2.24, 2.45) is 0 Å². The van der Waals surface area contributed by atoms with E-state index in [4.69, 9.17) is 16.3 Å². The number of aliphatic carboxylic acids is 1. The van der Waals surface area contributed by atoms with Crippen LogP contribution in [0.5, 0.6) is 11.5 Å². The fourth-order valence-corrected chi connectivity index (χ4v) is 3.03. The van der Waals surface area contributed by atoms with Crippen molar-refractivity contribution in [2.45, 2.75) is 0 Å². The van der Waals surface area contributed by atoms with Crippen LogP contribution in [0.15, 0.2) is 83.0 Å². The first-order valence-electron chi connectivity index (χ1n) is 8.47. The van der Waals surface area contributed by atoms with Crippen LogP contribution in [-0.2, 0) is 4.79 Å². The Kier molecular flexibility index (Phi) is 6.69. The maximum atomic E-state index is 12.3. The minimum absolute atomic E-state index is 0.193. The number of rotatable bonds is 6. The summed E-state index contributed by atoms with van der Waals surface area (Å²) in [6.45, 7) is 0. The van der Waals surface area contributed by atoms with Crippen LogP contribution in [-0.4, -0.2) is 17.0 Å². The lowest BCUT2D eigenvalue weighted by Gasteiger charge is -2.09. The third kappa shape index (κ3) is 5.47. The second-order valence-corrected chi connectivity index (χ2v) is 7.16. The smallest absolute Gasteiger partial charge is 0.352 e. The predicted molar refractivity (Wildman–Crippen MR) is 115 cm³/mol. The van der Waals surface area contributed by atoms with Crippen LogP contribution >= 0.6 is 27.5 Å². The lowest BCUT2D eigenvalue weighted by Crippen LogP contribution is -2.27. The molecule has 5 nitrogen and oxygen atoms in total. The first kappa shape index (κ1) is 20.6. The van der Waals surface area contributed by atoms with Crippen LogP contribution in [0.4, 0.5) is 0 Å². The second-order valence-electron chi connectivity index (χ2n) is 5.90. The van der Waals surface area contributed by atoms with Gasteiger partial charge < -0.3 is 15.2 Å². The molecule has 0 atom stereocenters. The largest absolute Gasteiger partial charge is 0.477 e. The molecule has 0 aliphatic carbocycles. The molecule has 0 fully saturated rings. The zero-order chi connectivity index (χ0) is 20.8. The highest BCUT2D eigenvalue weighted by molar-refractivity contribution is 9.10. The van der Waals surface area contributed by atoms with Crippen molar-refractivity contribution in [3.63, 3.8) is 0 Å². The molecule has 3 rings (SSSR count). The molecule has 0 aliphatic heterocycles. The van der Waals surface area contributed by atoms with Gasteiger partial charge in [-0.2, -0.15) is 0 Å². The lowest BCUT2D eigenvalue weighted by atomic mass is 10.1. The van der Waals surface area contributed by atoms with Gasteiger partial charge in [0, 0.05) is 0 Å². The van der Waals surface area contributed by atoms with Gasteiger partial charge in [0.1, 0.15) is 17.2 Å². The van der Waals surface area contributed by atoms with Gasteiger partial charge in [-0.3, -0.25) is 4.79 Å². The molecular formula is C22H15BrClNO4. The molecule has 0 bridgehead atoms. The molecule has 2 N–H and O–H groups in total. The molecule has 0 spiro atoms. The highest BCUT2D eigenvalue weighted by Gasteiger charge is 2.15. The molecule has 7 heteroatoms. The number of nitrogens with one attached hydrogen (secondary N) is 1. The van der Waals surface area contributed by atoms with Gasteiger partial charge in [0.15, 0.2) is 0 Å². The third-order valence-corrected chi connectivity index (χ3v) is 4.84. The number of carboxylic acid groups (broad SMARTS) is 1. The second kappa shape index (κ2) is 9.41. The Labute approximate surface area is 180 Å². The molecule has 1 amide bonds. The molecule has 0 unspecified atom stereocenters. The fraction of sp³-hybridized carbons (Fsp3) is 0. The van der Waals surface area contributed by atoms with Crippen molar-refractivity contribution in [3.8, 4) is 11.5 Å². The van der Waals surface area contributed by atoms with Gasteiger partial charge >= 0.3 is 5.97 Å². The monoisotopic (exact) mass is 471 g/mol. The number of ether oxygens (including phenoxy) is 1. The molecule has 0 saturated carbocycles. The highest BCUT2D eigenvalue weighted by atomic mass is 79.9. The van der Waals surface area contributed by atoms with E-state index in [1.165, 1.54) is 12.1 Å². The summed E-state index contributed by atoms with van der Waals surface area (Å²) in [7, 11) is 0. The minimum Gasteiger partial charge on any atom is -0.477 e. The number of carbonyl (C=O) groups is 2. The van der Waals surface area contributed by atoms with Crippen LogP contribution in [0.1, 0.15) is 15.9 Å². The van der Waals surface area contributed by atoms with E-state index in [2.05, 4.69) is 21.2 Å². The number of benzene rings is 3. The topological polar surface area (TPSA) is 75.6 Å². The van der Waals surface area contributed by atoms with E-state index in [0.29, 0.717) is 17.1 Å². The molecule has 0 saturated heterocycles. The van der Waals surface area contributed by atoms with E-state index in [1.54, 1.807) is 42.5 Å². The Balaban J connectivity index is 1.77. The molecule has 0 heterocycles. The van der Waals surface area contributed by atoms with Gasteiger partial charge in [-0.15, -0.1) is 0 Å². The standard InChI is InChI=1S/C22H15BrClNO4/c23-17-6-2-4-8-20(17)29-15-11-9-14(10-12-15)13-19(22(27)28)25-21(26)16-5-1-3-7-18(16)24/h1-13H,(H,25,26)(H,27,28). The molecular weight excluding hydrogens is 458 g/mol. The van der Waals surface area contributed by atoms with Crippen molar-refractivity contribution in [1.29, 1.82) is 0 Å². The van der Waals surface area contributed by atoms with E-state index in [1.807, 2.05) is 24.3 Å². The number of hydrogen-bond acceptors (Lipinski definition) is 3. The molecule has 3 aromatic rings. The number of carbonyl (C=O) groups excluding carboxylic acids is 1. The number of halogens is 2. The van der Waals surface area contributed by atoms with Gasteiger partial charge in [-0.05, 0) is 64.0 Å². The van der Waals surface area contributed by atoms with Crippen molar-refractivity contribution in [1.82, 2.24) is 5.32 Å². The summed E-state index contributed by atoms with van der Waals surface area (Å²) in [6, 6.07) is 20.6. The Morgan fingerprint density at radius 1 is 0.966 bits per heavy atom. The molecule has 146 valence electrons. The normalized spacial score (nSPS) is 11.0. The van der Waals surface area contributed by atoms with Crippen molar-refractivity contribution in [2.75, 3.05) is 0 Å². The van der Waals surface area contributed by atoms with Crippen molar-refractivity contribution >= 4 is 45.5 Å². The molecule has 3 aromatic carbocycles.